The van der Waals surface area contributed by atoms with E-state index in [0.29, 0.717) is 36.6 Å². The van der Waals surface area contributed by atoms with Crippen molar-refractivity contribution in [2.75, 3.05) is 0 Å². The van der Waals surface area contributed by atoms with E-state index in [-0.39, 0.29) is 35.1 Å². The van der Waals surface area contributed by atoms with Gasteiger partial charge < -0.3 is 15.3 Å². The van der Waals surface area contributed by atoms with Gasteiger partial charge in [-0.25, -0.2) is 8.78 Å². The van der Waals surface area contributed by atoms with Gasteiger partial charge in [0.05, 0.1) is 17.7 Å². The number of carbonyl (C=O) groups excluding carboxylic acids is 2. The number of pyridine rings is 1. The molecule has 11 heteroatoms. The molecule has 3 aliphatic rings. The first kappa shape index (κ1) is 25.6. The largest absolute Gasteiger partial charge is 0.419 e. The van der Waals surface area contributed by atoms with Gasteiger partial charge in [-0.05, 0) is 69.6 Å². The lowest BCUT2D eigenvalue weighted by Gasteiger charge is -2.30. The minimum atomic E-state index is -5.05. The van der Waals surface area contributed by atoms with Gasteiger partial charge in [0.2, 0.25) is 5.91 Å². The summed E-state index contributed by atoms with van der Waals surface area (Å²) in [5.41, 5.74) is -0.916. The van der Waals surface area contributed by atoms with Crippen molar-refractivity contribution in [3.05, 3.63) is 64.0 Å². The molecular weight excluding hydrogens is 497 g/mol. The standard InChI is InChI=1S/C26H26F5N3O3/c1-11-5-15(17(10-32-11)12(2)35)25(37)34-21-6-14(21)7-22(34)24(36)33-23(13-3-4-13)16-8-20(28)18(9-19(16)27)26(29,30)31/h5,8-10,12-14,21-23,35H,3-4,6-7H2,1-2H3,(H,33,36)/t12?,14-,21-,22-,23?/m1/s1. The molecule has 1 aromatic heterocycles. The molecule has 1 aliphatic heterocycles. The van der Waals surface area contributed by atoms with Crippen molar-refractivity contribution in [1.29, 1.82) is 0 Å². The highest BCUT2D eigenvalue weighted by Gasteiger charge is 2.56. The molecule has 5 atom stereocenters. The van der Waals surface area contributed by atoms with Crippen LogP contribution in [0.15, 0.2) is 24.4 Å². The number of nitrogens with zero attached hydrogens (tertiary/aromatic N) is 2. The number of amides is 2. The number of piperidine rings is 1. The number of hydrogen-bond donors (Lipinski definition) is 2. The average Bonchev–Trinajstić information content (AvgIpc) is 3.75. The fraction of sp³-hybridized carbons (Fsp3) is 0.500. The average molecular weight is 524 g/mol. The summed E-state index contributed by atoms with van der Waals surface area (Å²) in [7, 11) is 0. The predicted molar refractivity (Wildman–Crippen MR) is 121 cm³/mol. The first-order chi connectivity index (χ1) is 17.4. The molecule has 6 nitrogen and oxygen atoms in total. The summed E-state index contributed by atoms with van der Waals surface area (Å²) in [6, 6.07) is 0.131. The highest BCUT2D eigenvalue weighted by Crippen LogP contribution is 2.49. The van der Waals surface area contributed by atoms with Crippen molar-refractivity contribution in [1.82, 2.24) is 15.2 Å². The highest BCUT2D eigenvalue weighted by atomic mass is 19.4. The lowest BCUT2D eigenvalue weighted by molar-refractivity contribution is -0.140. The monoisotopic (exact) mass is 523 g/mol. The number of aliphatic hydroxyl groups is 1. The molecular formula is C26H26F5N3O3. The Kier molecular flexibility index (Phi) is 6.24. The molecule has 0 spiro atoms. The van der Waals surface area contributed by atoms with Gasteiger partial charge in [-0.2, -0.15) is 13.2 Å². The molecule has 37 heavy (non-hydrogen) atoms. The Bertz CT molecular complexity index is 1260. The molecule has 2 aromatic rings. The number of aliphatic hydroxyl groups excluding tert-OH is 1. The Balaban J connectivity index is 1.42. The van der Waals surface area contributed by atoms with Crippen LogP contribution in [0.2, 0.25) is 0 Å². The van der Waals surface area contributed by atoms with E-state index in [0.717, 1.165) is 6.42 Å². The third kappa shape index (κ3) is 4.81. The number of halogens is 5. The van der Waals surface area contributed by atoms with Crippen molar-refractivity contribution in [3.8, 4) is 0 Å². The molecule has 5 rings (SSSR count). The van der Waals surface area contributed by atoms with E-state index < -0.39 is 53.4 Å². The second kappa shape index (κ2) is 9.04. The number of alkyl halides is 3. The van der Waals surface area contributed by atoms with E-state index >= 15 is 0 Å². The summed E-state index contributed by atoms with van der Waals surface area (Å²) >= 11 is 0. The third-order valence-electron chi connectivity index (χ3n) is 7.51. The third-order valence-corrected chi connectivity index (χ3v) is 7.51. The number of aryl methyl sites for hydroxylation is 1. The first-order valence-corrected chi connectivity index (χ1v) is 12.2. The van der Waals surface area contributed by atoms with Crippen molar-refractivity contribution in [2.45, 2.75) is 69.9 Å². The Morgan fingerprint density at radius 1 is 1.11 bits per heavy atom. The normalized spacial score (nSPS) is 24.4. The number of fused-ring (bicyclic) bond motifs is 1. The van der Waals surface area contributed by atoms with Crippen LogP contribution in [0, 0.1) is 30.4 Å². The SMILES string of the molecule is Cc1cc(C(=O)N2[C@@H](C(=O)NC(c3cc(F)c(C(F)(F)F)cc3F)C3CC3)C[C@H]3C[C@H]32)c(C(C)O)cn1. The van der Waals surface area contributed by atoms with Gasteiger partial charge in [0.25, 0.3) is 5.91 Å². The highest BCUT2D eigenvalue weighted by molar-refractivity contribution is 6.00. The Morgan fingerprint density at radius 3 is 2.43 bits per heavy atom. The van der Waals surface area contributed by atoms with Crippen molar-refractivity contribution < 1.29 is 36.6 Å². The Morgan fingerprint density at radius 2 is 1.81 bits per heavy atom. The van der Waals surface area contributed by atoms with Crippen LogP contribution in [0.1, 0.15) is 77.5 Å². The number of rotatable bonds is 6. The van der Waals surface area contributed by atoms with Crippen LogP contribution in [-0.4, -0.2) is 38.9 Å². The molecule has 2 unspecified atom stereocenters. The van der Waals surface area contributed by atoms with Crippen molar-refractivity contribution >= 4 is 11.8 Å². The van der Waals surface area contributed by atoms with E-state index in [1.165, 1.54) is 18.0 Å². The molecule has 0 radical (unpaired) electrons. The number of benzene rings is 1. The van der Waals surface area contributed by atoms with Crippen LogP contribution >= 0.6 is 0 Å². The maximum absolute atomic E-state index is 14.8. The van der Waals surface area contributed by atoms with Gasteiger partial charge in [-0.1, -0.05) is 0 Å². The van der Waals surface area contributed by atoms with Gasteiger partial charge in [0.15, 0.2) is 0 Å². The Hall–Kier alpha value is -3.08. The van der Waals surface area contributed by atoms with Crippen molar-refractivity contribution in [2.24, 2.45) is 11.8 Å². The van der Waals surface area contributed by atoms with E-state index in [2.05, 4.69) is 10.3 Å². The molecule has 3 fully saturated rings. The zero-order valence-electron chi connectivity index (χ0n) is 20.1. The van der Waals surface area contributed by atoms with Gasteiger partial charge in [0, 0.05) is 34.6 Å². The second-order valence-electron chi connectivity index (χ2n) is 10.3. The molecule has 198 valence electrons. The minimum absolute atomic E-state index is 0.121. The maximum Gasteiger partial charge on any atom is 0.419 e. The molecule has 2 heterocycles. The molecule has 2 N–H and O–H groups in total. The smallest absolute Gasteiger partial charge is 0.389 e. The predicted octanol–water partition coefficient (Wildman–Crippen LogP) is 4.61. The van der Waals surface area contributed by atoms with E-state index in [9.17, 15) is 36.6 Å². The zero-order valence-corrected chi connectivity index (χ0v) is 20.1. The zero-order chi connectivity index (χ0) is 26.8. The lowest BCUT2D eigenvalue weighted by atomic mass is 9.98. The number of nitrogens with one attached hydrogen (secondary N) is 1. The fourth-order valence-electron chi connectivity index (χ4n) is 5.36. The summed E-state index contributed by atoms with van der Waals surface area (Å²) in [5.74, 6) is -3.98. The van der Waals surface area contributed by atoms with E-state index in [1.54, 1.807) is 13.0 Å². The number of aromatic nitrogens is 1. The maximum atomic E-state index is 14.8. The summed E-state index contributed by atoms with van der Waals surface area (Å²) in [6.07, 6.45) is -2.28. The van der Waals surface area contributed by atoms with Crippen molar-refractivity contribution in [3.63, 3.8) is 0 Å². The van der Waals surface area contributed by atoms with Crippen LogP contribution in [0.25, 0.3) is 0 Å². The topological polar surface area (TPSA) is 82.5 Å². The molecule has 2 aliphatic carbocycles. The number of carbonyl (C=O) groups is 2. The molecule has 0 bridgehead atoms. The van der Waals surface area contributed by atoms with Gasteiger partial charge in [0.1, 0.15) is 17.7 Å². The van der Waals surface area contributed by atoms with Crippen LogP contribution in [0.4, 0.5) is 22.0 Å². The lowest BCUT2D eigenvalue weighted by Crippen LogP contribution is -2.49. The number of hydrogen-bond acceptors (Lipinski definition) is 4. The molecule has 1 aromatic carbocycles. The van der Waals surface area contributed by atoms with Crippen LogP contribution in [0.5, 0.6) is 0 Å². The summed E-state index contributed by atoms with van der Waals surface area (Å²) in [5, 5.41) is 12.9. The van der Waals surface area contributed by atoms with Gasteiger partial charge in [-0.15, -0.1) is 0 Å². The molecule has 2 amide bonds. The van der Waals surface area contributed by atoms with Crippen LogP contribution < -0.4 is 5.32 Å². The van der Waals surface area contributed by atoms with Gasteiger partial charge in [-0.3, -0.25) is 14.6 Å². The fourth-order valence-corrected chi connectivity index (χ4v) is 5.36. The summed E-state index contributed by atoms with van der Waals surface area (Å²) in [4.78, 5) is 32.6. The number of likely N-dealkylation sites (tertiary alicyclic amines) is 1. The Labute approximate surface area is 209 Å². The molecule has 2 saturated carbocycles. The summed E-state index contributed by atoms with van der Waals surface area (Å²) in [6.45, 7) is 3.21. The first-order valence-electron chi connectivity index (χ1n) is 12.2. The quantitative estimate of drug-likeness (QED) is 0.542. The minimum Gasteiger partial charge on any atom is -0.389 e. The van der Waals surface area contributed by atoms with E-state index in [1.807, 2.05) is 0 Å². The molecule has 1 saturated heterocycles. The van der Waals surface area contributed by atoms with Crippen LogP contribution in [-0.2, 0) is 11.0 Å². The van der Waals surface area contributed by atoms with Crippen LogP contribution in [0.3, 0.4) is 0 Å². The van der Waals surface area contributed by atoms with E-state index in [4.69, 9.17) is 0 Å². The van der Waals surface area contributed by atoms with Gasteiger partial charge >= 0.3 is 6.18 Å². The second-order valence-corrected chi connectivity index (χ2v) is 10.3. The summed E-state index contributed by atoms with van der Waals surface area (Å²) < 4.78 is 68.1.